The number of nitrogens with zero attached hydrogens (tertiary/aromatic N) is 2. The highest BCUT2D eigenvalue weighted by atomic mass is 32.1. The van der Waals surface area contributed by atoms with Crippen molar-refractivity contribution in [3.8, 4) is 0 Å². The summed E-state index contributed by atoms with van der Waals surface area (Å²) in [6, 6.07) is 2.32. The molecule has 0 aliphatic carbocycles. The van der Waals surface area contributed by atoms with E-state index in [0.29, 0.717) is 10.3 Å². The summed E-state index contributed by atoms with van der Waals surface area (Å²) in [5, 5.41) is 2.73. The second-order valence-corrected chi connectivity index (χ2v) is 5.84. The largest absolute Gasteiger partial charge is 0.330 e. The summed E-state index contributed by atoms with van der Waals surface area (Å²) in [5.41, 5.74) is 1.53. The molecule has 2 heterocycles. The minimum atomic E-state index is -0.894. The van der Waals surface area contributed by atoms with Crippen molar-refractivity contribution in [2.24, 2.45) is 0 Å². The Morgan fingerprint density at radius 2 is 2.15 bits per heavy atom. The van der Waals surface area contributed by atoms with Gasteiger partial charge in [-0.1, -0.05) is 0 Å². The molecule has 0 spiro atoms. The van der Waals surface area contributed by atoms with Crippen LogP contribution in [0.15, 0.2) is 17.5 Å². The molecule has 0 fully saturated rings. The summed E-state index contributed by atoms with van der Waals surface area (Å²) in [4.78, 5) is 7.29. The average molecular weight is 311 g/mol. The topological polar surface area (TPSA) is 33.6 Å². The Morgan fingerprint density at radius 3 is 2.80 bits per heavy atom. The molecule has 3 nitrogen and oxygen atoms in total. The number of aryl methyl sites for hydroxylation is 1. The number of aromatic nitrogens is 3. The minimum absolute atomic E-state index is 0.148. The fourth-order valence-corrected chi connectivity index (χ4v) is 3.40. The number of nitrogens with one attached hydrogen (secondary N) is 1. The van der Waals surface area contributed by atoms with Gasteiger partial charge >= 0.3 is 0 Å². The predicted octanol–water partition coefficient (Wildman–Crippen LogP) is 4.35. The molecule has 7 heteroatoms. The molecule has 3 aromatic rings. The average Bonchev–Trinajstić information content (AvgIpc) is 2.97. The Hall–Kier alpha value is -1.60. The molecule has 104 valence electrons. The lowest BCUT2D eigenvalue weighted by molar-refractivity contribution is 0.508. The van der Waals surface area contributed by atoms with E-state index in [9.17, 15) is 8.78 Å². The third-order valence-corrected chi connectivity index (χ3v) is 4.58. The van der Waals surface area contributed by atoms with Crippen LogP contribution >= 0.6 is 23.6 Å². The van der Waals surface area contributed by atoms with Gasteiger partial charge in [0.25, 0.3) is 0 Å². The number of imidazole rings is 1. The molecule has 0 aliphatic heterocycles. The van der Waals surface area contributed by atoms with Crippen LogP contribution in [0.3, 0.4) is 0 Å². The number of benzene rings is 1. The van der Waals surface area contributed by atoms with E-state index >= 15 is 0 Å². The number of H-pyrrole nitrogens is 1. The second-order valence-electron chi connectivity index (χ2n) is 4.56. The van der Waals surface area contributed by atoms with Crippen LogP contribution in [0, 0.1) is 23.3 Å². The lowest BCUT2D eigenvalue weighted by atomic mass is 10.2. The molecule has 0 saturated carbocycles. The van der Waals surface area contributed by atoms with Crippen molar-refractivity contribution in [2.45, 2.75) is 19.9 Å². The number of aromatic amines is 1. The van der Waals surface area contributed by atoms with Gasteiger partial charge in [0.05, 0.1) is 11.6 Å². The van der Waals surface area contributed by atoms with Crippen LogP contribution in [0.1, 0.15) is 23.7 Å². The highest BCUT2D eigenvalue weighted by Crippen LogP contribution is 2.28. The van der Waals surface area contributed by atoms with Gasteiger partial charge in [0.15, 0.2) is 16.4 Å². The first kappa shape index (κ1) is 13.4. The lowest BCUT2D eigenvalue weighted by Gasteiger charge is -2.12. The summed E-state index contributed by atoms with van der Waals surface area (Å²) in [5.74, 6) is -1.78. The van der Waals surface area contributed by atoms with Crippen LogP contribution in [0.5, 0.6) is 0 Å². The maximum atomic E-state index is 14.1. The first-order valence-corrected chi connectivity index (χ1v) is 7.28. The highest BCUT2D eigenvalue weighted by Gasteiger charge is 2.20. The van der Waals surface area contributed by atoms with Gasteiger partial charge in [-0.2, -0.15) is 0 Å². The van der Waals surface area contributed by atoms with Crippen molar-refractivity contribution in [3.05, 3.63) is 44.6 Å². The molecular formula is C13H11F2N3S2. The number of rotatable bonds is 2. The minimum Gasteiger partial charge on any atom is -0.330 e. The zero-order valence-electron chi connectivity index (χ0n) is 10.8. The van der Waals surface area contributed by atoms with Crippen LogP contribution < -0.4 is 0 Å². The van der Waals surface area contributed by atoms with E-state index in [2.05, 4.69) is 9.97 Å². The smallest absolute Gasteiger partial charge is 0.184 e. The van der Waals surface area contributed by atoms with Gasteiger partial charge in [0.2, 0.25) is 0 Å². The van der Waals surface area contributed by atoms with Gasteiger partial charge in [-0.3, -0.25) is 0 Å². The highest BCUT2D eigenvalue weighted by molar-refractivity contribution is 7.71. The molecule has 2 aromatic heterocycles. The van der Waals surface area contributed by atoms with E-state index in [1.807, 2.05) is 19.2 Å². The molecule has 1 N–H and O–H groups in total. The molecule has 0 saturated heterocycles. The number of fused-ring (bicyclic) bond motifs is 1. The number of halogens is 2. The van der Waals surface area contributed by atoms with Crippen LogP contribution in [0.25, 0.3) is 11.0 Å². The maximum absolute atomic E-state index is 14.1. The third kappa shape index (κ3) is 1.97. The zero-order chi connectivity index (χ0) is 14.4. The van der Waals surface area contributed by atoms with Gasteiger partial charge in [-0.15, -0.1) is 11.3 Å². The SMILES string of the molecule is Cc1csc(C(C)n2c(=S)[nH]c3ccc(F)c(F)c32)n1. The van der Waals surface area contributed by atoms with Crippen molar-refractivity contribution in [1.29, 1.82) is 0 Å². The zero-order valence-corrected chi connectivity index (χ0v) is 12.4. The molecule has 1 aromatic carbocycles. The quantitative estimate of drug-likeness (QED) is 0.714. The Kier molecular flexibility index (Phi) is 3.18. The Bertz CT molecular complexity index is 847. The van der Waals surface area contributed by atoms with E-state index in [-0.39, 0.29) is 11.6 Å². The Balaban J connectivity index is 2.28. The molecule has 0 radical (unpaired) electrons. The Labute approximate surface area is 122 Å². The molecule has 1 unspecified atom stereocenters. The molecule has 3 rings (SSSR count). The number of hydrogen-bond donors (Lipinski definition) is 1. The lowest BCUT2D eigenvalue weighted by Crippen LogP contribution is -2.08. The molecular weight excluding hydrogens is 300 g/mol. The predicted molar refractivity (Wildman–Crippen MR) is 77.7 cm³/mol. The third-order valence-electron chi connectivity index (χ3n) is 3.15. The maximum Gasteiger partial charge on any atom is 0.184 e. The molecule has 0 aliphatic rings. The van der Waals surface area contributed by atoms with Crippen LogP contribution in [-0.4, -0.2) is 14.5 Å². The van der Waals surface area contributed by atoms with Crippen LogP contribution in [-0.2, 0) is 0 Å². The number of hydrogen-bond acceptors (Lipinski definition) is 3. The second kappa shape index (κ2) is 4.75. The fraction of sp³-hybridized carbons (Fsp3) is 0.231. The van der Waals surface area contributed by atoms with Crippen molar-refractivity contribution < 1.29 is 8.78 Å². The van der Waals surface area contributed by atoms with Gasteiger partial charge in [-0.05, 0) is 38.2 Å². The van der Waals surface area contributed by atoms with Crippen LogP contribution in [0.4, 0.5) is 8.78 Å². The van der Waals surface area contributed by atoms with Gasteiger partial charge < -0.3 is 9.55 Å². The molecule has 0 amide bonds. The summed E-state index contributed by atoms with van der Waals surface area (Å²) in [7, 11) is 0. The Morgan fingerprint density at radius 1 is 1.40 bits per heavy atom. The first-order valence-electron chi connectivity index (χ1n) is 5.99. The van der Waals surface area contributed by atoms with Crippen molar-refractivity contribution in [1.82, 2.24) is 14.5 Å². The van der Waals surface area contributed by atoms with Crippen molar-refractivity contribution >= 4 is 34.6 Å². The summed E-state index contributed by atoms with van der Waals surface area (Å²) in [6.45, 7) is 3.76. The monoisotopic (exact) mass is 311 g/mol. The van der Waals surface area contributed by atoms with E-state index in [1.54, 1.807) is 4.57 Å². The first-order chi connectivity index (χ1) is 9.49. The van der Waals surface area contributed by atoms with Gasteiger partial charge in [0, 0.05) is 11.1 Å². The van der Waals surface area contributed by atoms with E-state index in [0.717, 1.165) is 16.8 Å². The standard InChI is InChI=1S/C13H11F2N3S2/c1-6-5-20-12(16-6)7(2)18-11-9(17-13(18)19)4-3-8(14)10(11)15/h3-5,7H,1-2H3,(H,17,19). The van der Waals surface area contributed by atoms with Crippen molar-refractivity contribution in [3.63, 3.8) is 0 Å². The van der Waals surface area contributed by atoms with Gasteiger partial charge in [0.1, 0.15) is 10.5 Å². The molecule has 0 bridgehead atoms. The summed E-state index contributed by atoms with van der Waals surface area (Å²) < 4.78 is 29.5. The van der Waals surface area contributed by atoms with Crippen molar-refractivity contribution in [2.75, 3.05) is 0 Å². The molecule has 20 heavy (non-hydrogen) atoms. The summed E-state index contributed by atoms with van der Waals surface area (Å²) >= 11 is 6.71. The number of thiazole rings is 1. The summed E-state index contributed by atoms with van der Waals surface area (Å²) in [6.07, 6.45) is 0. The van der Waals surface area contributed by atoms with E-state index in [1.165, 1.54) is 17.4 Å². The van der Waals surface area contributed by atoms with E-state index < -0.39 is 11.6 Å². The van der Waals surface area contributed by atoms with Gasteiger partial charge in [-0.25, -0.2) is 13.8 Å². The van der Waals surface area contributed by atoms with Crippen LogP contribution in [0.2, 0.25) is 0 Å². The van der Waals surface area contributed by atoms with E-state index in [4.69, 9.17) is 12.2 Å². The normalized spacial score (nSPS) is 13.0. The molecule has 1 atom stereocenters. The fourth-order valence-electron chi connectivity index (χ4n) is 2.20.